The standard InChI is InChI=1S/C14H15F3N4/c1-2-12-20-11(7-21(12)9-3-4-9)8-5-10(14(15,16)17)13(18)19-6-8/h5-7,9H,2-4H2,1H3,(H2,18,19). The molecule has 1 aliphatic rings. The molecule has 0 aromatic carbocycles. The number of aromatic nitrogens is 3. The Labute approximate surface area is 119 Å². The van der Waals surface area contributed by atoms with Crippen molar-refractivity contribution in [3.63, 3.8) is 0 Å². The van der Waals surface area contributed by atoms with Crippen molar-refractivity contribution < 1.29 is 13.2 Å². The van der Waals surface area contributed by atoms with Gasteiger partial charge in [0.15, 0.2) is 0 Å². The van der Waals surface area contributed by atoms with E-state index in [1.165, 1.54) is 6.20 Å². The number of halogens is 3. The lowest BCUT2D eigenvalue weighted by Gasteiger charge is -2.09. The third kappa shape index (κ3) is 2.59. The average molecular weight is 296 g/mol. The van der Waals surface area contributed by atoms with Crippen LogP contribution in [0.15, 0.2) is 18.5 Å². The fourth-order valence-electron chi connectivity index (χ4n) is 2.34. The second kappa shape index (κ2) is 4.75. The molecule has 0 atom stereocenters. The first kappa shape index (κ1) is 13.9. The normalized spacial score (nSPS) is 15.4. The highest BCUT2D eigenvalue weighted by Gasteiger charge is 2.34. The van der Waals surface area contributed by atoms with Gasteiger partial charge in [0, 0.05) is 30.4 Å². The van der Waals surface area contributed by atoms with Crippen LogP contribution in [0.25, 0.3) is 11.3 Å². The predicted molar refractivity (Wildman–Crippen MR) is 72.5 cm³/mol. The van der Waals surface area contributed by atoms with Crippen LogP contribution in [-0.4, -0.2) is 14.5 Å². The number of nitrogen functional groups attached to an aromatic ring is 1. The highest BCUT2D eigenvalue weighted by atomic mass is 19.4. The maximum atomic E-state index is 12.9. The number of pyridine rings is 1. The van der Waals surface area contributed by atoms with Crippen molar-refractivity contribution in [2.45, 2.75) is 38.4 Å². The summed E-state index contributed by atoms with van der Waals surface area (Å²) in [7, 11) is 0. The van der Waals surface area contributed by atoms with Crippen molar-refractivity contribution in [2.24, 2.45) is 0 Å². The van der Waals surface area contributed by atoms with Gasteiger partial charge >= 0.3 is 6.18 Å². The third-order valence-corrected chi connectivity index (χ3v) is 3.59. The van der Waals surface area contributed by atoms with E-state index in [-0.39, 0.29) is 0 Å². The number of anilines is 1. The van der Waals surface area contributed by atoms with Crippen molar-refractivity contribution in [3.8, 4) is 11.3 Å². The van der Waals surface area contributed by atoms with Crippen molar-refractivity contribution in [1.82, 2.24) is 14.5 Å². The summed E-state index contributed by atoms with van der Waals surface area (Å²) in [5.74, 6) is 0.376. The number of hydrogen-bond acceptors (Lipinski definition) is 3. The Morgan fingerprint density at radius 2 is 2.10 bits per heavy atom. The fourth-order valence-corrected chi connectivity index (χ4v) is 2.34. The molecule has 3 rings (SSSR count). The lowest BCUT2D eigenvalue weighted by Crippen LogP contribution is -2.10. The highest BCUT2D eigenvalue weighted by Crippen LogP contribution is 2.38. The Hall–Kier alpha value is -2.05. The van der Waals surface area contributed by atoms with Crippen molar-refractivity contribution in [2.75, 3.05) is 5.73 Å². The quantitative estimate of drug-likeness (QED) is 0.944. The van der Waals surface area contributed by atoms with Crippen LogP contribution in [-0.2, 0) is 12.6 Å². The van der Waals surface area contributed by atoms with Gasteiger partial charge < -0.3 is 10.3 Å². The van der Waals surface area contributed by atoms with Gasteiger partial charge in [-0.15, -0.1) is 0 Å². The van der Waals surface area contributed by atoms with E-state index in [0.29, 0.717) is 17.3 Å². The molecule has 0 spiro atoms. The van der Waals surface area contributed by atoms with Gasteiger partial charge in [-0.25, -0.2) is 9.97 Å². The van der Waals surface area contributed by atoms with Gasteiger partial charge in [-0.1, -0.05) is 6.92 Å². The summed E-state index contributed by atoms with van der Waals surface area (Å²) in [5, 5.41) is 0. The Balaban J connectivity index is 2.04. The molecule has 7 heteroatoms. The van der Waals surface area contributed by atoms with Crippen molar-refractivity contribution in [3.05, 3.63) is 29.8 Å². The van der Waals surface area contributed by atoms with Gasteiger partial charge in [-0.3, -0.25) is 0 Å². The Morgan fingerprint density at radius 3 is 2.67 bits per heavy atom. The Bertz CT molecular complexity index is 671. The zero-order chi connectivity index (χ0) is 15.2. The monoisotopic (exact) mass is 296 g/mol. The summed E-state index contributed by atoms with van der Waals surface area (Å²) in [6.45, 7) is 1.98. The van der Waals surface area contributed by atoms with E-state index in [4.69, 9.17) is 5.73 Å². The zero-order valence-electron chi connectivity index (χ0n) is 11.5. The van der Waals surface area contributed by atoms with Gasteiger partial charge in [-0.05, 0) is 18.9 Å². The summed E-state index contributed by atoms with van der Waals surface area (Å²) in [6, 6.07) is 1.45. The third-order valence-electron chi connectivity index (χ3n) is 3.59. The second-order valence-corrected chi connectivity index (χ2v) is 5.19. The lowest BCUT2D eigenvalue weighted by molar-refractivity contribution is -0.137. The van der Waals surface area contributed by atoms with Gasteiger partial charge in [-0.2, -0.15) is 13.2 Å². The summed E-state index contributed by atoms with van der Waals surface area (Å²) in [5.41, 5.74) is 5.25. The maximum absolute atomic E-state index is 12.9. The zero-order valence-corrected chi connectivity index (χ0v) is 11.5. The van der Waals surface area contributed by atoms with Gasteiger partial charge in [0.25, 0.3) is 0 Å². The molecule has 0 radical (unpaired) electrons. The minimum atomic E-state index is -4.51. The number of nitrogens with zero attached hydrogens (tertiary/aromatic N) is 3. The molecule has 1 aliphatic carbocycles. The van der Waals surface area contributed by atoms with Crippen LogP contribution in [0.5, 0.6) is 0 Å². The molecule has 2 aromatic rings. The average Bonchev–Trinajstić information content (AvgIpc) is 3.17. The number of alkyl halides is 3. The molecule has 1 saturated carbocycles. The molecule has 0 amide bonds. The van der Waals surface area contributed by atoms with Gasteiger partial charge in [0.2, 0.25) is 0 Å². The van der Waals surface area contributed by atoms with Crippen LogP contribution >= 0.6 is 0 Å². The number of aryl methyl sites for hydroxylation is 1. The van der Waals surface area contributed by atoms with Gasteiger partial charge in [0.1, 0.15) is 11.6 Å². The summed E-state index contributed by atoms with van der Waals surface area (Å²) < 4.78 is 40.7. The largest absolute Gasteiger partial charge is 0.419 e. The summed E-state index contributed by atoms with van der Waals surface area (Å²) in [4.78, 5) is 8.08. The van der Waals surface area contributed by atoms with Crippen LogP contribution < -0.4 is 5.73 Å². The minimum absolute atomic E-state index is 0.339. The smallest absolute Gasteiger partial charge is 0.383 e. The van der Waals surface area contributed by atoms with E-state index in [1.54, 1.807) is 0 Å². The number of nitrogens with two attached hydrogens (primary N) is 1. The maximum Gasteiger partial charge on any atom is 0.419 e. The molecule has 21 heavy (non-hydrogen) atoms. The number of rotatable bonds is 3. The van der Waals surface area contributed by atoms with Gasteiger partial charge in [0.05, 0.1) is 11.3 Å². The molecule has 0 saturated heterocycles. The highest BCUT2D eigenvalue weighted by molar-refractivity contribution is 5.62. The molecule has 4 nitrogen and oxygen atoms in total. The van der Waals surface area contributed by atoms with Crippen LogP contribution in [0, 0.1) is 0 Å². The van der Waals surface area contributed by atoms with Crippen LogP contribution in [0.4, 0.5) is 19.0 Å². The second-order valence-electron chi connectivity index (χ2n) is 5.19. The van der Waals surface area contributed by atoms with E-state index in [2.05, 4.69) is 14.5 Å². The molecular formula is C14H15F3N4. The van der Waals surface area contributed by atoms with E-state index in [1.807, 2.05) is 13.1 Å². The Kier molecular flexibility index (Phi) is 3.15. The van der Waals surface area contributed by atoms with Crippen LogP contribution in [0.1, 0.15) is 37.2 Å². The molecule has 1 fully saturated rings. The Morgan fingerprint density at radius 1 is 1.38 bits per heavy atom. The van der Waals surface area contributed by atoms with E-state index >= 15 is 0 Å². The molecule has 0 unspecified atom stereocenters. The fraction of sp³-hybridized carbons (Fsp3) is 0.429. The van der Waals surface area contributed by atoms with Crippen LogP contribution in [0.2, 0.25) is 0 Å². The first-order chi connectivity index (χ1) is 9.90. The molecule has 0 bridgehead atoms. The topological polar surface area (TPSA) is 56.7 Å². The SMILES string of the molecule is CCc1nc(-c2cnc(N)c(C(F)(F)F)c2)cn1C1CC1. The van der Waals surface area contributed by atoms with E-state index in [9.17, 15) is 13.2 Å². The first-order valence-corrected chi connectivity index (χ1v) is 6.81. The van der Waals surface area contributed by atoms with Crippen LogP contribution in [0.3, 0.4) is 0 Å². The molecule has 2 heterocycles. The molecule has 2 N–H and O–H groups in total. The van der Waals surface area contributed by atoms with Crippen molar-refractivity contribution in [1.29, 1.82) is 0 Å². The first-order valence-electron chi connectivity index (χ1n) is 6.81. The molecular weight excluding hydrogens is 281 g/mol. The van der Waals surface area contributed by atoms with Crippen molar-refractivity contribution >= 4 is 5.82 Å². The number of imidazole rings is 1. The molecule has 112 valence electrons. The van der Waals surface area contributed by atoms with E-state index in [0.717, 1.165) is 31.2 Å². The van der Waals surface area contributed by atoms with E-state index < -0.39 is 17.6 Å². The molecule has 0 aliphatic heterocycles. The summed E-state index contributed by atoms with van der Waals surface area (Å²) in [6.07, 6.45) is 1.56. The predicted octanol–water partition coefficient (Wildman–Crippen LogP) is 3.44. The molecule has 2 aromatic heterocycles. The summed E-state index contributed by atoms with van der Waals surface area (Å²) >= 11 is 0. The number of hydrogen-bond donors (Lipinski definition) is 1. The minimum Gasteiger partial charge on any atom is -0.383 e. The lowest BCUT2D eigenvalue weighted by atomic mass is 10.1.